The van der Waals surface area contributed by atoms with Gasteiger partial charge in [0, 0.05) is 6.42 Å². The van der Waals surface area contributed by atoms with Crippen molar-refractivity contribution in [3.8, 4) is 0 Å². The minimum absolute atomic E-state index is 0.129. The molecule has 0 aliphatic heterocycles. The predicted octanol–water partition coefficient (Wildman–Crippen LogP) is 2.84. The summed E-state index contributed by atoms with van der Waals surface area (Å²) in [6, 6.07) is 9.87. The molecule has 17 heavy (non-hydrogen) atoms. The SMILES string of the molecule is CC1(C)CCCC(O)(O)C1(C)c1ccccc1. The third-order valence-corrected chi connectivity index (χ3v) is 4.83. The van der Waals surface area contributed by atoms with Gasteiger partial charge in [0.2, 0.25) is 0 Å². The summed E-state index contributed by atoms with van der Waals surface area (Å²) < 4.78 is 0. The maximum atomic E-state index is 10.4. The summed E-state index contributed by atoms with van der Waals surface area (Å²) in [5.74, 6) is -1.63. The van der Waals surface area contributed by atoms with Gasteiger partial charge in [-0.1, -0.05) is 44.2 Å². The Hall–Kier alpha value is -0.860. The van der Waals surface area contributed by atoms with Gasteiger partial charge in [-0.05, 0) is 30.7 Å². The zero-order valence-corrected chi connectivity index (χ0v) is 10.9. The molecule has 0 saturated heterocycles. The summed E-state index contributed by atoms with van der Waals surface area (Å²) >= 11 is 0. The van der Waals surface area contributed by atoms with Gasteiger partial charge in [0.05, 0.1) is 5.41 Å². The highest BCUT2D eigenvalue weighted by Gasteiger charge is 2.58. The van der Waals surface area contributed by atoms with Crippen molar-refractivity contribution in [3.05, 3.63) is 35.9 Å². The van der Waals surface area contributed by atoms with Crippen LogP contribution in [0.15, 0.2) is 30.3 Å². The smallest absolute Gasteiger partial charge is 0.172 e. The molecular formula is C15H22O2. The van der Waals surface area contributed by atoms with Crippen molar-refractivity contribution in [1.82, 2.24) is 0 Å². The summed E-state index contributed by atoms with van der Waals surface area (Å²) in [7, 11) is 0. The van der Waals surface area contributed by atoms with Gasteiger partial charge in [0.25, 0.3) is 0 Å². The first-order chi connectivity index (χ1) is 7.81. The molecule has 1 saturated carbocycles. The molecule has 0 radical (unpaired) electrons. The molecule has 0 heterocycles. The van der Waals surface area contributed by atoms with E-state index >= 15 is 0 Å². The van der Waals surface area contributed by atoms with E-state index in [1.165, 1.54) is 0 Å². The maximum absolute atomic E-state index is 10.4. The van der Waals surface area contributed by atoms with Crippen LogP contribution >= 0.6 is 0 Å². The monoisotopic (exact) mass is 234 g/mol. The molecule has 1 aliphatic carbocycles. The normalized spacial score (nSPS) is 31.1. The van der Waals surface area contributed by atoms with Crippen LogP contribution in [0.5, 0.6) is 0 Å². The van der Waals surface area contributed by atoms with E-state index in [1.807, 2.05) is 37.3 Å². The van der Waals surface area contributed by atoms with Crippen LogP contribution in [0, 0.1) is 5.41 Å². The summed E-state index contributed by atoms with van der Waals surface area (Å²) in [5.41, 5.74) is 0.255. The van der Waals surface area contributed by atoms with Crippen LogP contribution < -0.4 is 0 Å². The Morgan fingerprint density at radius 3 is 2.06 bits per heavy atom. The van der Waals surface area contributed by atoms with E-state index in [-0.39, 0.29) is 5.41 Å². The molecule has 1 aromatic rings. The van der Waals surface area contributed by atoms with E-state index in [1.54, 1.807) is 0 Å². The van der Waals surface area contributed by atoms with Gasteiger partial charge in [-0.3, -0.25) is 0 Å². The van der Waals surface area contributed by atoms with Crippen molar-refractivity contribution >= 4 is 0 Å². The second kappa shape index (κ2) is 3.82. The highest BCUT2D eigenvalue weighted by Crippen LogP contribution is 2.55. The molecule has 0 aromatic heterocycles. The minimum atomic E-state index is -1.63. The topological polar surface area (TPSA) is 40.5 Å². The molecule has 2 N–H and O–H groups in total. The minimum Gasteiger partial charge on any atom is -0.365 e. The quantitative estimate of drug-likeness (QED) is 0.734. The highest BCUT2D eigenvalue weighted by molar-refractivity contribution is 5.31. The average molecular weight is 234 g/mol. The largest absolute Gasteiger partial charge is 0.365 e. The van der Waals surface area contributed by atoms with E-state index in [0.717, 1.165) is 18.4 Å². The summed E-state index contributed by atoms with van der Waals surface area (Å²) in [4.78, 5) is 0. The second-order valence-corrected chi connectivity index (χ2v) is 6.05. The zero-order chi connectivity index (χ0) is 12.7. The Morgan fingerprint density at radius 1 is 0.941 bits per heavy atom. The zero-order valence-electron chi connectivity index (χ0n) is 10.9. The van der Waals surface area contributed by atoms with Crippen molar-refractivity contribution in [2.45, 2.75) is 51.2 Å². The van der Waals surface area contributed by atoms with E-state index in [4.69, 9.17) is 0 Å². The molecule has 1 aromatic carbocycles. The van der Waals surface area contributed by atoms with Crippen LogP contribution in [-0.4, -0.2) is 16.0 Å². The fraction of sp³-hybridized carbons (Fsp3) is 0.600. The molecular weight excluding hydrogens is 212 g/mol. The number of benzene rings is 1. The lowest BCUT2D eigenvalue weighted by molar-refractivity contribution is -0.256. The number of hydrogen-bond donors (Lipinski definition) is 2. The van der Waals surface area contributed by atoms with Gasteiger partial charge in [-0.25, -0.2) is 0 Å². The Kier molecular flexibility index (Phi) is 2.83. The standard InChI is InChI=1S/C15H22O2/c1-13(2)10-7-11-15(16,17)14(13,3)12-8-5-4-6-9-12/h4-6,8-9,16-17H,7,10-11H2,1-3H3. The van der Waals surface area contributed by atoms with Crippen molar-refractivity contribution in [1.29, 1.82) is 0 Å². The van der Waals surface area contributed by atoms with E-state index in [9.17, 15) is 10.2 Å². The lowest BCUT2D eigenvalue weighted by Gasteiger charge is -2.55. The van der Waals surface area contributed by atoms with Gasteiger partial charge in [-0.2, -0.15) is 0 Å². The van der Waals surface area contributed by atoms with Crippen LogP contribution in [0.4, 0.5) is 0 Å². The number of hydrogen-bond acceptors (Lipinski definition) is 2. The average Bonchev–Trinajstić information content (AvgIpc) is 2.26. The molecule has 1 fully saturated rings. The second-order valence-electron chi connectivity index (χ2n) is 6.05. The van der Waals surface area contributed by atoms with Crippen molar-refractivity contribution in [2.75, 3.05) is 0 Å². The van der Waals surface area contributed by atoms with Crippen molar-refractivity contribution < 1.29 is 10.2 Å². The van der Waals surface area contributed by atoms with Crippen molar-refractivity contribution in [3.63, 3.8) is 0 Å². The van der Waals surface area contributed by atoms with Gasteiger partial charge in [0.1, 0.15) is 0 Å². The fourth-order valence-electron chi connectivity index (χ4n) is 3.21. The van der Waals surface area contributed by atoms with Crippen LogP contribution in [-0.2, 0) is 5.41 Å². The van der Waals surface area contributed by atoms with Crippen molar-refractivity contribution in [2.24, 2.45) is 5.41 Å². The van der Waals surface area contributed by atoms with E-state index in [0.29, 0.717) is 6.42 Å². The third-order valence-electron chi connectivity index (χ3n) is 4.83. The number of rotatable bonds is 1. The lowest BCUT2D eigenvalue weighted by Crippen LogP contribution is -2.60. The Labute approximate surface area is 103 Å². The first-order valence-electron chi connectivity index (χ1n) is 6.32. The van der Waals surface area contributed by atoms with Gasteiger partial charge < -0.3 is 10.2 Å². The number of aliphatic hydroxyl groups is 2. The van der Waals surface area contributed by atoms with E-state index < -0.39 is 11.2 Å². The molecule has 0 spiro atoms. The molecule has 0 bridgehead atoms. The van der Waals surface area contributed by atoms with Crippen LogP contribution in [0.25, 0.3) is 0 Å². The Morgan fingerprint density at radius 2 is 1.53 bits per heavy atom. The van der Waals surface area contributed by atoms with Crippen LogP contribution in [0.2, 0.25) is 0 Å². The molecule has 1 atom stereocenters. The Balaban J connectivity index is 2.57. The molecule has 0 amide bonds. The first-order valence-corrected chi connectivity index (χ1v) is 6.32. The fourth-order valence-corrected chi connectivity index (χ4v) is 3.21. The van der Waals surface area contributed by atoms with Crippen LogP contribution in [0.1, 0.15) is 45.6 Å². The molecule has 2 nitrogen and oxygen atoms in total. The van der Waals surface area contributed by atoms with Gasteiger partial charge in [-0.15, -0.1) is 0 Å². The Bertz CT molecular complexity index is 377. The van der Waals surface area contributed by atoms with E-state index in [2.05, 4.69) is 13.8 Å². The maximum Gasteiger partial charge on any atom is 0.172 e. The molecule has 1 aliphatic rings. The molecule has 94 valence electrons. The molecule has 1 unspecified atom stereocenters. The summed E-state index contributed by atoms with van der Waals surface area (Å²) in [5, 5.41) is 20.9. The molecule has 2 rings (SSSR count). The summed E-state index contributed by atoms with van der Waals surface area (Å²) in [6.07, 6.45) is 2.32. The summed E-state index contributed by atoms with van der Waals surface area (Å²) in [6.45, 7) is 6.22. The first kappa shape index (κ1) is 12.6. The predicted molar refractivity (Wildman–Crippen MR) is 68.6 cm³/mol. The van der Waals surface area contributed by atoms with Gasteiger partial charge >= 0.3 is 0 Å². The van der Waals surface area contributed by atoms with Crippen LogP contribution in [0.3, 0.4) is 0 Å². The molecule has 2 heteroatoms. The van der Waals surface area contributed by atoms with Gasteiger partial charge in [0.15, 0.2) is 5.79 Å². The third kappa shape index (κ3) is 1.71. The highest BCUT2D eigenvalue weighted by atomic mass is 16.5. The lowest BCUT2D eigenvalue weighted by atomic mass is 9.53.